The third kappa shape index (κ3) is 4.49. The molecule has 0 aliphatic carbocycles. The third-order valence-electron chi connectivity index (χ3n) is 5.53. The minimum absolute atomic E-state index is 0.00868. The SMILES string of the molecule is Cc1cc(-c2csc(CC(=O)NCc3ccccc3)n2)c(C)n1[C@@H]1CCS(=O)(=O)C1. The largest absolute Gasteiger partial charge is 0.352 e. The summed E-state index contributed by atoms with van der Waals surface area (Å²) in [5.74, 6) is 0.400. The van der Waals surface area contributed by atoms with Crippen LogP contribution in [0.2, 0.25) is 0 Å². The first-order valence-electron chi connectivity index (χ1n) is 9.96. The van der Waals surface area contributed by atoms with Crippen LogP contribution in [0.5, 0.6) is 0 Å². The van der Waals surface area contributed by atoms with Gasteiger partial charge in [0.15, 0.2) is 9.84 Å². The number of nitrogens with one attached hydrogen (secondary N) is 1. The van der Waals surface area contributed by atoms with Crippen molar-refractivity contribution in [2.75, 3.05) is 11.5 Å². The molecule has 1 atom stereocenters. The second kappa shape index (κ2) is 8.35. The zero-order valence-corrected chi connectivity index (χ0v) is 18.7. The number of hydrogen-bond donors (Lipinski definition) is 1. The molecule has 1 N–H and O–H groups in total. The molecule has 1 aliphatic rings. The fraction of sp³-hybridized carbons (Fsp3) is 0.364. The molecule has 3 heterocycles. The van der Waals surface area contributed by atoms with Gasteiger partial charge in [0.1, 0.15) is 5.01 Å². The number of aromatic nitrogens is 2. The molecule has 158 valence electrons. The summed E-state index contributed by atoms with van der Waals surface area (Å²) in [4.78, 5) is 17.0. The predicted molar refractivity (Wildman–Crippen MR) is 119 cm³/mol. The highest BCUT2D eigenvalue weighted by atomic mass is 32.2. The number of benzene rings is 1. The van der Waals surface area contributed by atoms with E-state index in [1.165, 1.54) is 11.3 Å². The van der Waals surface area contributed by atoms with Crippen molar-refractivity contribution in [2.24, 2.45) is 0 Å². The van der Waals surface area contributed by atoms with Crippen LogP contribution in [0, 0.1) is 13.8 Å². The molecule has 6 nitrogen and oxygen atoms in total. The molecule has 0 unspecified atom stereocenters. The van der Waals surface area contributed by atoms with E-state index in [-0.39, 0.29) is 29.9 Å². The first-order valence-corrected chi connectivity index (χ1v) is 12.7. The first-order chi connectivity index (χ1) is 14.3. The highest BCUT2D eigenvalue weighted by Gasteiger charge is 2.31. The summed E-state index contributed by atoms with van der Waals surface area (Å²) in [6.07, 6.45) is 0.902. The Morgan fingerprint density at radius 1 is 1.27 bits per heavy atom. The lowest BCUT2D eigenvalue weighted by Crippen LogP contribution is -2.24. The van der Waals surface area contributed by atoms with Gasteiger partial charge in [-0.2, -0.15) is 0 Å². The van der Waals surface area contributed by atoms with Crippen molar-refractivity contribution < 1.29 is 13.2 Å². The van der Waals surface area contributed by atoms with E-state index < -0.39 is 9.84 Å². The number of nitrogens with zero attached hydrogens (tertiary/aromatic N) is 2. The second-order valence-corrected chi connectivity index (χ2v) is 10.9. The first kappa shape index (κ1) is 20.8. The highest BCUT2D eigenvalue weighted by molar-refractivity contribution is 7.91. The average Bonchev–Trinajstić information content (AvgIpc) is 3.38. The Morgan fingerprint density at radius 3 is 2.73 bits per heavy atom. The average molecular weight is 444 g/mol. The van der Waals surface area contributed by atoms with Crippen LogP contribution in [0.1, 0.15) is 34.4 Å². The van der Waals surface area contributed by atoms with Gasteiger partial charge in [0.2, 0.25) is 5.91 Å². The van der Waals surface area contributed by atoms with Crippen LogP contribution in [0.4, 0.5) is 0 Å². The summed E-state index contributed by atoms with van der Waals surface area (Å²) in [5.41, 5.74) is 4.97. The van der Waals surface area contributed by atoms with Crippen molar-refractivity contribution >= 4 is 27.1 Å². The normalized spacial score (nSPS) is 17.9. The molecule has 8 heteroatoms. The highest BCUT2D eigenvalue weighted by Crippen LogP contribution is 2.34. The van der Waals surface area contributed by atoms with E-state index in [2.05, 4.69) is 20.9 Å². The molecule has 0 spiro atoms. The number of sulfone groups is 1. The van der Waals surface area contributed by atoms with Crippen LogP contribution in [0.15, 0.2) is 41.8 Å². The van der Waals surface area contributed by atoms with Gasteiger partial charge in [0.05, 0.1) is 23.6 Å². The Hall–Kier alpha value is -2.45. The lowest BCUT2D eigenvalue weighted by Gasteiger charge is -2.16. The van der Waals surface area contributed by atoms with Gasteiger partial charge in [0, 0.05) is 34.9 Å². The van der Waals surface area contributed by atoms with Crippen LogP contribution in [0.3, 0.4) is 0 Å². The van der Waals surface area contributed by atoms with Gasteiger partial charge >= 0.3 is 0 Å². The van der Waals surface area contributed by atoms with Crippen molar-refractivity contribution in [3.63, 3.8) is 0 Å². The molecule has 2 aromatic heterocycles. The van der Waals surface area contributed by atoms with Gasteiger partial charge in [-0.05, 0) is 31.9 Å². The van der Waals surface area contributed by atoms with E-state index >= 15 is 0 Å². The Labute approximate surface area is 180 Å². The lowest BCUT2D eigenvalue weighted by molar-refractivity contribution is -0.120. The number of thiazole rings is 1. The van der Waals surface area contributed by atoms with Gasteiger partial charge in [0.25, 0.3) is 0 Å². The maximum absolute atomic E-state index is 12.3. The Balaban J connectivity index is 1.45. The van der Waals surface area contributed by atoms with Crippen LogP contribution in [-0.2, 0) is 27.6 Å². The number of hydrogen-bond acceptors (Lipinski definition) is 5. The number of amides is 1. The van der Waals surface area contributed by atoms with Crippen LogP contribution in [0.25, 0.3) is 11.3 Å². The van der Waals surface area contributed by atoms with Crippen LogP contribution in [-0.4, -0.2) is 35.4 Å². The summed E-state index contributed by atoms with van der Waals surface area (Å²) in [6.45, 7) is 4.52. The minimum atomic E-state index is -2.95. The summed E-state index contributed by atoms with van der Waals surface area (Å²) in [6, 6.07) is 11.9. The molecular formula is C22H25N3O3S2. The van der Waals surface area contributed by atoms with E-state index in [9.17, 15) is 13.2 Å². The Bertz CT molecular complexity index is 1160. The molecule has 0 radical (unpaired) electrons. The number of carbonyl (C=O) groups excluding carboxylic acids is 1. The predicted octanol–water partition coefficient (Wildman–Crippen LogP) is 3.45. The number of rotatable bonds is 6. The molecule has 1 fully saturated rings. The van der Waals surface area contributed by atoms with Crippen molar-refractivity contribution in [1.29, 1.82) is 0 Å². The summed E-state index contributed by atoms with van der Waals surface area (Å²) in [7, 11) is -2.95. The fourth-order valence-corrected chi connectivity index (χ4v) is 6.58. The van der Waals surface area contributed by atoms with Gasteiger partial charge < -0.3 is 9.88 Å². The second-order valence-electron chi connectivity index (χ2n) is 7.78. The van der Waals surface area contributed by atoms with E-state index in [1.54, 1.807) is 0 Å². The summed E-state index contributed by atoms with van der Waals surface area (Å²) < 4.78 is 25.9. The molecule has 3 aromatic rings. The topological polar surface area (TPSA) is 81.1 Å². The van der Waals surface area contributed by atoms with E-state index in [0.29, 0.717) is 13.0 Å². The van der Waals surface area contributed by atoms with Crippen molar-refractivity contribution in [3.05, 3.63) is 63.7 Å². The van der Waals surface area contributed by atoms with E-state index in [0.717, 1.165) is 33.2 Å². The molecule has 4 rings (SSSR count). The van der Waals surface area contributed by atoms with Gasteiger partial charge in [-0.15, -0.1) is 11.3 Å². The van der Waals surface area contributed by atoms with Gasteiger partial charge in [-0.25, -0.2) is 13.4 Å². The van der Waals surface area contributed by atoms with Crippen molar-refractivity contribution in [1.82, 2.24) is 14.9 Å². The smallest absolute Gasteiger partial charge is 0.227 e. The van der Waals surface area contributed by atoms with Gasteiger partial charge in [-0.3, -0.25) is 4.79 Å². The number of aryl methyl sites for hydroxylation is 1. The van der Waals surface area contributed by atoms with E-state index in [4.69, 9.17) is 0 Å². The minimum Gasteiger partial charge on any atom is -0.352 e. The lowest BCUT2D eigenvalue weighted by atomic mass is 10.2. The molecule has 1 aliphatic heterocycles. The molecule has 1 aromatic carbocycles. The maximum Gasteiger partial charge on any atom is 0.227 e. The van der Waals surface area contributed by atoms with Gasteiger partial charge in [-0.1, -0.05) is 30.3 Å². The zero-order chi connectivity index (χ0) is 21.3. The monoisotopic (exact) mass is 443 g/mol. The molecule has 1 amide bonds. The Kier molecular flexibility index (Phi) is 5.79. The molecule has 1 saturated heterocycles. The standard InChI is InChI=1S/C22H25N3O3S2/c1-15-10-19(16(2)25(15)18-8-9-30(27,28)14-18)20-13-29-22(24-20)11-21(26)23-12-17-6-4-3-5-7-17/h3-7,10,13,18H,8-9,11-12,14H2,1-2H3,(H,23,26)/t18-/m1/s1. The van der Waals surface area contributed by atoms with Crippen LogP contribution >= 0.6 is 11.3 Å². The summed E-state index contributed by atoms with van der Waals surface area (Å²) >= 11 is 1.47. The number of carbonyl (C=O) groups is 1. The summed E-state index contributed by atoms with van der Waals surface area (Å²) in [5, 5.41) is 5.67. The van der Waals surface area contributed by atoms with E-state index in [1.807, 2.05) is 49.6 Å². The molecule has 30 heavy (non-hydrogen) atoms. The van der Waals surface area contributed by atoms with Crippen molar-refractivity contribution in [3.8, 4) is 11.3 Å². The third-order valence-corrected chi connectivity index (χ3v) is 8.13. The molecular weight excluding hydrogens is 418 g/mol. The Morgan fingerprint density at radius 2 is 2.03 bits per heavy atom. The zero-order valence-electron chi connectivity index (χ0n) is 17.1. The molecule has 0 saturated carbocycles. The quantitative estimate of drug-likeness (QED) is 0.633. The fourth-order valence-electron chi connectivity index (χ4n) is 4.09. The van der Waals surface area contributed by atoms with Crippen LogP contribution < -0.4 is 5.32 Å². The maximum atomic E-state index is 12.3. The van der Waals surface area contributed by atoms with Crippen molar-refractivity contribution in [2.45, 2.75) is 39.3 Å². The molecule has 0 bridgehead atoms.